The highest BCUT2D eigenvalue weighted by Crippen LogP contribution is 2.27. The van der Waals surface area contributed by atoms with E-state index in [4.69, 9.17) is 0 Å². The van der Waals surface area contributed by atoms with Crippen molar-refractivity contribution in [3.8, 4) is 0 Å². The largest absolute Gasteiger partial charge is 0.349 e. The van der Waals surface area contributed by atoms with Crippen LogP contribution >= 0.6 is 0 Å². The first-order valence-electron chi connectivity index (χ1n) is 11.1. The molecule has 1 aliphatic heterocycles. The molecule has 6 heteroatoms. The normalized spacial score (nSPS) is 19.3. The first-order chi connectivity index (χ1) is 15.0. The quantitative estimate of drug-likeness (QED) is 0.767. The van der Waals surface area contributed by atoms with Crippen molar-refractivity contribution in [1.82, 2.24) is 5.32 Å². The van der Waals surface area contributed by atoms with Crippen LogP contribution in [0.1, 0.15) is 54.4 Å². The lowest BCUT2D eigenvalue weighted by Crippen LogP contribution is -2.36. The summed E-state index contributed by atoms with van der Waals surface area (Å²) in [5.41, 5.74) is 2.83. The number of carbonyl (C=O) groups is 3. The summed E-state index contributed by atoms with van der Waals surface area (Å²) in [6.45, 7) is 2.31. The summed E-state index contributed by atoms with van der Waals surface area (Å²) in [6, 6.07) is 15.0. The molecule has 2 aliphatic rings. The number of carbonyl (C=O) groups excluding carboxylic acids is 3. The third-order valence-electron chi connectivity index (χ3n) is 6.18. The number of para-hydroxylation sites is 1. The Kier molecular flexibility index (Phi) is 6.35. The Bertz CT molecular complexity index is 981. The molecule has 6 nitrogen and oxygen atoms in total. The number of anilines is 2. The van der Waals surface area contributed by atoms with Gasteiger partial charge < -0.3 is 15.5 Å². The monoisotopic (exact) mass is 419 g/mol. The molecule has 0 aromatic heterocycles. The molecule has 2 fully saturated rings. The first kappa shape index (κ1) is 21.1. The van der Waals surface area contributed by atoms with Gasteiger partial charge >= 0.3 is 0 Å². The molecule has 1 atom stereocenters. The van der Waals surface area contributed by atoms with E-state index in [0.29, 0.717) is 17.8 Å². The number of nitrogens with zero attached hydrogens (tertiary/aromatic N) is 1. The zero-order chi connectivity index (χ0) is 21.8. The van der Waals surface area contributed by atoms with Crippen LogP contribution in [-0.2, 0) is 9.59 Å². The van der Waals surface area contributed by atoms with Crippen LogP contribution in [-0.4, -0.2) is 30.3 Å². The van der Waals surface area contributed by atoms with Gasteiger partial charge in [-0.1, -0.05) is 43.5 Å². The standard InChI is InChI=1S/C25H29N3O3/c1-17-8-7-11-20(14-17)28-16-18(15-23(28)29)24(30)27-22-13-6-5-12-21(22)25(31)26-19-9-3-2-4-10-19/h5-8,11-14,18-19H,2-4,9-10,15-16H2,1H3,(H,26,31)(H,27,30)/t18-/m1/s1. The van der Waals surface area contributed by atoms with Crippen molar-refractivity contribution in [2.24, 2.45) is 5.92 Å². The molecule has 0 unspecified atom stereocenters. The van der Waals surface area contributed by atoms with Gasteiger partial charge in [0.25, 0.3) is 5.91 Å². The zero-order valence-corrected chi connectivity index (χ0v) is 17.9. The summed E-state index contributed by atoms with van der Waals surface area (Å²) >= 11 is 0. The van der Waals surface area contributed by atoms with Gasteiger partial charge in [0.05, 0.1) is 17.2 Å². The fourth-order valence-electron chi connectivity index (χ4n) is 4.46. The van der Waals surface area contributed by atoms with Crippen molar-refractivity contribution in [3.05, 3.63) is 59.7 Å². The van der Waals surface area contributed by atoms with E-state index >= 15 is 0 Å². The van der Waals surface area contributed by atoms with E-state index in [-0.39, 0.29) is 30.2 Å². The predicted octanol–water partition coefficient (Wildman–Crippen LogP) is 4.05. The van der Waals surface area contributed by atoms with E-state index < -0.39 is 5.92 Å². The minimum atomic E-state index is -0.456. The summed E-state index contributed by atoms with van der Waals surface area (Å²) in [7, 11) is 0. The molecular formula is C25H29N3O3. The summed E-state index contributed by atoms with van der Waals surface area (Å²) in [4.78, 5) is 40.0. The van der Waals surface area contributed by atoms with Crippen molar-refractivity contribution < 1.29 is 14.4 Å². The molecule has 4 rings (SSSR count). The number of hydrogen-bond donors (Lipinski definition) is 2. The molecule has 0 radical (unpaired) electrons. The third-order valence-corrected chi connectivity index (χ3v) is 6.18. The van der Waals surface area contributed by atoms with Crippen LogP contribution in [0.25, 0.3) is 0 Å². The van der Waals surface area contributed by atoms with Crippen LogP contribution in [0.5, 0.6) is 0 Å². The van der Waals surface area contributed by atoms with Gasteiger partial charge in [0, 0.05) is 24.7 Å². The van der Waals surface area contributed by atoms with Gasteiger partial charge in [0.1, 0.15) is 0 Å². The van der Waals surface area contributed by atoms with Crippen molar-refractivity contribution in [2.75, 3.05) is 16.8 Å². The lowest BCUT2D eigenvalue weighted by molar-refractivity contribution is -0.122. The highest BCUT2D eigenvalue weighted by atomic mass is 16.2. The smallest absolute Gasteiger partial charge is 0.253 e. The maximum absolute atomic E-state index is 12.9. The van der Waals surface area contributed by atoms with Crippen LogP contribution in [0.4, 0.5) is 11.4 Å². The molecular weight excluding hydrogens is 390 g/mol. The Morgan fingerprint density at radius 1 is 1.00 bits per heavy atom. The van der Waals surface area contributed by atoms with E-state index in [9.17, 15) is 14.4 Å². The highest BCUT2D eigenvalue weighted by Gasteiger charge is 2.35. The molecule has 0 bridgehead atoms. The summed E-state index contributed by atoms with van der Waals surface area (Å²) in [6.07, 6.45) is 5.65. The fraction of sp³-hybridized carbons (Fsp3) is 0.400. The Labute approximate surface area is 183 Å². The van der Waals surface area contributed by atoms with Crippen molar-refractivity contribution in [3.63, 3.8) is 0 Å². The van der Waals surface area contributed by atoms with E-state index in [1.165, 1.54) is 6.42 Å². The molecule has 2 aromatic carbocycles. The molecule has 2 N–H and O–H groups in total. The van der Waals surface area contributed by atoms with Gasteiger partial charge in [-0.15, -0.1) is 0 Å². The van der Waals surface area contributed by atoms with Crippen LogP contribution < -0.4 is 15.5 Å². The zero-order valence-electron chi connectivity index (χ0n) is 17.9. The van der Waals surface area contributed by atoms with Crippen LogP contribution in [0.15, 0.2) is 48.5 Å². The van der Waals surface area contributed by atoms with Gasteiger partial charge in [-0.3, -0.25) is 14.4 Å². The van der Waals surface area contributed by atoms with Crippen molar-refractivity contribution in [1.29, 1.82) is 0 Å². The molecule has 0 spiro atoms. The predicted molar refractivity (Wildman–Crippen MR) is 121 cm³/mol. The number of nitrogens with one attached hydrogen (secondary N) is 2. The fourth-order valence-corrected chi connectivity index (χ4v) is 4.46. The average molecular weight is 420 g/mol. The molecule has 162 valence electrons. The number of rotatable bonds is 5. The maximum Gasteiger partial charge on any atom is 0.253 e. The van der Waals surface area contributed by atoms with E-state index in [0.717, 1.165) is 36.9 Å². The SMILES string of the molecule is Cc1cccc(N2C[C@H](C(=O)Nc3ccccc3C(=O)NC3CCCCC3)CC2=O)c1. The number of aryl methyl sites for hydroxylation is 1. The minimum Gasteiger partial charge on any atom is -0.349 e. The number of benzene rings is 2. The van der Waals surface area contributed by atoms with Gasteiger partial charge in [-0.25, -0.2) is 0 Å². The number of hydrogen-bond acceptors (Lipinski definition) is 3. The molecule has 1 saturated carbocycles. The Hall–Kier alpha value is -3.15. The molecule has 31 heavy (non-hydrogen) atoms. The Morgan fingerprint density at radius 3 is 2.55 bits per heavy atom. The second-order valence-electron chi connectivity index (χ2n) is 8.59. The molecule has 3 amide bonds. The first-order valence-corrected chi connectivity index (χ1v) is 11.1. The highest BCUT2D eigenvalue weighted by molar-refractivity contribution is 6.07. The molecule has 1 aliphatic carbocycles. The molecule has 1 saturated heterocycles. The Morgan fingerprint density at radius 2 is 1.77 bits per heavy atom. The van der Waals surface area contributed by atoms with Crippen molar-refractivity contribution >= 4 is 29.1 Å². The van der Waals surface area contributed by atoms with Crippen molar-refractivity contribution in [2.45, 2.75) is 51.5 Å². The lowest BCUT2D eigenvalue weighted by atomic mass is 9.95. The van der Waals surface area contributed by atoms with E-state index in [1.807, 2.05) is 31.2 Å². The van der Waals surface area contributed by atoms with Gasteiger partial charge in [0.2, 0.25) is 11.8 Å². The lowest BCUT2D eigenvalue weighted by Gasteiger charge is -2.23. The van der Waals surface area contributed by atoms with Crippen LogP contribution in [0.2, 0.25) is 0 Å². The third kappa shape index (κ3) is 4.95. The van der Waals surface area contributed by atoms with Gasteiger partial charge in [-0.2, -0.15) is 0 Å². The summed E-state index contributed by atoms with van der Waals surface area (Å²) < 4.78 is 0. The van der Waals surface area contributed by atoms with Crippen LogP contribution in [0.3, 0.4) is 0 Å². The van der Waals surface area contributed by atoms with E-state index in [2.05, 4.69) is 10.6 Å². The van der Waals surface area contributed by atoms with Gasteiger partial charge in [-0.05, 0) is 49.6 Å². The van der Waals surface area contributed by atoms with Gasteiger partial charge in [0.15, 0.2) is 0 Å². The second-order valence-corrected chi connectivity index (χ2v) is 8.59. The Balaban J connectivity index is 1.43. The summed E-state index contributed by atoms with van der Waals surface area (Å²) in [5.74, 6) is -0.912. The molecule has 1 heterocycles. The maximum atomic E-state index is 12.9. The second kappa shape index (κ2) is 9.33. The minimum absolute atomic E-state index is 0.0610. The van der Waals surface area contributed by atoms with E-state index in [1.54, 1.807) is 29.2 Å². The average Bonchev–Trinajstić information content (AvgIpc) is 3.16. The summed E-state index contributed by atoms with van der Waals surface area (Å²) in [5, 5.41) is 6.00. The molecule has 2 aromatic rings. The number of amides is 3. The topological polar surface area (TPSA) is 78.5 Å². The van der Waals surface area contributed by atoms with Crippen LogP contribution in [0, 0.1) is 12.8 Å².